The van der Waals surface area contributed by atoms with Gasteiger partial charge in [-0.2, -0.15) is 4.98 Å². The minimum Gasteiger partial charge on any atom is -0.480 e. The van der Waals surface area contributed by atoms with Gasteiger partial charge in [-0.05, 0) is 37.1 Å². The van der Waals surface area contributed by atoms with E-state index in [1.807, 2.05) is 26.0 Å². The van der Waals surface area contributed by atoms with Gasteiger partial charge in [-0.15, -0.1) is 0 Å². The standard InChI is InChI=1S/C15H15BrN2O3/c1-8-5-10(6-9(2)12(8)16)14(19)13-15(21-4)18-11(20-3)7-17-13/h5-7H,1-4H3. The maximum absolute atomic E-state index is 12.6. The van der Waals surface area contributed by atoms with Gasteiger partial charge in [0.1, 0.15) is 0 Å². The third kappa shape index (κ3) is 3.05. The van der Waals surface area contributed by atoms with Gasteiger partial charge < -0.3 is 9.47 Å². The maximum Gasteiger partial charge on any atom is 0.247 e. The summed E-state index contributed by atoms with van der Waals surface area (Å²) in [7, 11) is 2.92. The van der Waals surface area contributed by atoms with Crippen LogP contribution in [0.2, 0.25) is 0 Å². The summed E-state index contributed by atoms with van der Waals surface area (Å²) in [6.45, 7) is 3.87. The molecule has 0 radical (unpaired) electrons. The van der Waals surface area contributed by atoms with Crippen LogP contribution in [0.3, 0.4) is 0 Å². The molecule has 0 spiro atoms. The minimum atomic E-state index is -0.235. The van der Waals surface area contributed by atoms with E-state index in [-0.39, 0.29) is 17.4 Å². The Balaban J connectivity index is 2.49. The lowest BCUT2D eigenvalue weighted by Gasteiger charge is -2.09. The van der Waals surface area contributed by atoms with Gasteiger partial charge in [-0.1, -0.05) is 15.9 Å². The first-order chi connectivity index (χ1) is 9.97. The van der Waals surface area contributed by atoms with Crippen molar-refractivity contribution in [1.82, 2.24) is 9.97 Å². The molecular weight excluding hydrogens is 336 g/mol. The second-order valence-corrected chi connectivity index (χ2v) is 5.32. The molecule has 1 aromatic heterocycles. The van der Waals surface area contributed by atoms with Crippen LogP contribution in [0.25, 0.3) is 0 Å². The van der Waals surface area contributed by atoms with Gasteiger partial charge in [0.15, 0.2) is 5.69 Å². The normalized spacial score (nSPS) is 10.3. The molecule has 21 heavy (non-hydrogen) atoms. The molecule has 0 bridgehead atoms. The lowest BCUT2D eigenvalue weighted by molar-refractivity contribution is 0.103. The molecule has 0 aliphatic rings. The van der Waals surface area contributed by atoms with E-state index < -0.39 is 0 Å². The molecular formula is C15H15BrN2O3. The Bertz CT molecular complexity index is 678. The first kappa shape index (κ1) is 15.4. The molecule has 0 amide bonds. The van der Waals surface area contributed by atoms with Gasteiger partial charge in [0.25, 0.3) is 0 Å². The highest BCUT2D eigenvalue weighted by molar-refractivity contribution is 9.10. The first-order valence-corrected chi connectivity index (χ1v) is 7.03. The second-order valence-electron chi connectivity index (χ2n) is 4.52. The highest BCUT2D eigenvalue weighted by Crippen LogP contribution is 2.25. The molecule has 0 atom stereocenters. The number of aryl methyl sites for hydroxylation is 2. The van der Waals surface area contributed by atoms with Crippen molar-refractivity contribution in [3.05, 3.63) is 45.2 Å². The van der Waals surface area contributed by atoms with E-state index in [1.54, 1.807) is 0 Å². The third-order valence-electron chi connectivity index (χ3n) is 3.03. The van der Waals surface area contributed by atoms with Gasteiger partial charge in [0.2, 0.25) is 17.5 Å². The molecule has 0 aliphatic carbocycles. The number of benzene rings is 1. The topological polar surface area (TPSA) is 61.3 Å². The van der Waals surface area contributed by atoms with E-state index in [0.29, 0.717) is 11.4 Å². The quantitative estimate of drug-likeness (QED) is 0.792. The summed E-state index contributed by atoms with van der Waals surface area (Å²) in [6, 6.07) is 3.62. The molecule has 0 N–H and O–H groups in total. The number of rotatable bonds is 4. The number of nitrogens with zero attached hydrogens (tertiary/aromatic N) is 2. The van der Waals surface area contributed by atoms with Crippen molar-refractivity contribution in [2.24, 2.45) is 0 Å². The summed E-state index contributed by atoms with van der Waals surface area (Å²) in [5.74, 6) is 0.213. The number of hydrogen-bond donors (Lipinski definition) is 0. The predicted molar refractivity (Wildman–Crippen MR) is 82.2 cm³/mol. The Morgan fingerprint density at radius 2 is 1.76 bits per heavy atom. The van der Waals surface area contributed by atoms with Crippen molar-refractivity contribution in [1.29, 1.82) is 0 Å². The molecule has 1 aromatic carbocycles. The summed E-state index contributed by atoms with van der Waals surface area (Å²) in [4.78, 5) is 20.8. The molecule has 0 unspecified atom stereocenters. The van der Waals surface area contributed by atoms with Crippen LogP contribution in [0, 0.1) is 13.8 Å². The average molecular weight is 351 g/mol. The van der Waals surface area contributed by atoms with Crippen LogP contribution in [-0.2, 0) is 0 Å². The monoisotopic (exact) mass is 350 g/mol. The van der Waals surface area contributed by atoms with Crippen molar-refractivity contribution in [3.8, 4) is 11.8 Å². The van der Waals surface area contributed by atoms with Crippen LogP contribution in [-0.4, -0.2) is 30.0 Å². The number of hydrogen-bond acceptors (Lipinski definition) is 5. The second kappa shape index (κ2) is 6.22. The Morgan fingerprint density at radius 3 is 2.29 bits per heavy atom. The largest absolute Gasteiger partial charge is 0.480 e. The van der Waals surface area contributed by atoms with E-state index in [2.05, 4.69) is 25.9 Å². The van der Waals surface area contributed by atoms with E-state index in [0.717, 1.165) is 15.6 Å². The zero-order valence-electron chi connectivity index (χ0n) is 12.2. The molecule has 0 aliphatic heterocycles. The predicted octanol–water partition coefficient (Wildman–Crippen LogP) is 3.10. The van der Waals surface area contributed by atoms with Crippen LogP contribution in [0.1, 0.15) is 27.2 Å². The molecule has 0 saturated carbocycles. The fourth-order valence-electron chi connectivity index (χ4n) is 1.97. The van der Waals surface area contributed by atoms with Gasteiger partial charge in [0, 0.05) is 10.0 Å². The fraction of sp³-hybridized carbons (Fsp3) is 0.267. The summed E-state index contributed by atoms with van der Waals surface area (Å²) in [5.41, 5.74) is 2.68. The molecule has 0 fully saturated rings. The Hall–Kier alpha value is -1.95. The summed E-state index contributed by atoms with van der Waals surface area (Å²) >= 11 is 3.49. The minimum absolute atomic E-state index is 0.151. The number of ketones is 1. The third-order valence-corrected chi connectivity index (χ3v) is 4.29. The lowest BCUT2D eigenvalue weighted by Crippen LogP contribution is -2.09. The molecule has 1 heterocycles. The molecule has 0 saturated heterocycles. The van der Waals surface area contributed by atoms with Crippen LogP contribution in [0.5, 0.6) is 11.8 Å². The molecule has 6 heteroatoms. The fourth-order valence-corrected chi connectivity index (χ4v) is 2.20. The van der Waals surface area contributed by atoms with E-state index in [4.69, 9.17) is 9.47 Å². The Kier molecular flexibility index (Phi) is 4.57. The SMILES string of the molecule is COc1cnc(C(=O)c2cc(C)c(Br)c(C)c2)c(OC)n1. The summed E-state index contributed by atoms with van der Waals surface area (Å²) < 4.78 is 11.1. The smallest absolute Gasteiger partial charge is 0.247 e. The zero-order valence-corrected chi connectivity index (χ0v) is 13.8. The van der Waals surface area contributed by atoms with E-state index >= 15 is 0 Å². The number of methoxy groups -OCH3 is 2. The number of carbonyl (C=O) groups is 1. The van der Waals surface area contributed by atoms with Gasteiger partial charge >= 0.3 is 0 Å². The van der Waals surface area contributed by atoms with Crippen molar-refractivity contribution >= 4 is 21.7 Å². The van der Waals surface area contributed by atoms with Crippen molar-refractivity contribution in [3.63, 3.8) is 0 Å². The van der Waals surface area contributed by atoms with Gasteiger partial charge in [0.05, 0.1) is 20.4 Å². The van der Waals surface area contributed by atoms with E-state index in [1.165, 1.54) is 20.4 Å². The van der Waals surface area contributed by atoms with Crippen molar-refractivity contribution < 1.29 is 14.3 Å². The Labute approximate surface area is 131 Å². The van der Waals surface area contributed by atoms with Gasteiger partial charge in [-0.3, -0.25) is 4.79 Å². The molecule has 5 nitrogen and oxygen atoms in total. The number of carbonyl (C=O) groups excluding carboxylic acids is 1. The summed E-state index contributed by atoms with van der Waals surface area (Å²) in [5, 5.41) is 0. The molecule has 2 rings (SSSR count). The summed E-state index contributed by atoms with van der Waals surface area (Å²) in [6.07, 6.45) is 1.40. The van der Waals surface area contributed by atoms with Crippen molar-refractivity contribution in [2.45, 2.75) is 13.8 Å². The molecule has 110 valence electrons. The highest BCUT2D eigenvalue weighted by Gasteiger charge is 2.19. The van der Waals surface area contributed by atoms with Crippen LogP contribution in [0.4, 0.5) is 0 Å². The number of aromatic nitrogens is 2. The van der Waals surface area contributed by atoms with Crippen LogP contribution < -0.4 is 9.47 Å². The first-order valence-electron chi connectivity index (χ1n) is 6.24. The average Bonchev–Trinajstić information content (AvgIpc) is 2.50. The molecule has 2 aromatic rings. The lowest BCUT2D eigenvalue weighted by atomic mass is 10.0. The van der Waals surface area contributed by atoms with Gasteiger partial charge in [-0.25, -0.2) is 4.98 Å². The van der Waals surface area contributed by atoms with Crippen LogP contribution in [0.15, 0.2) is 22.8 Å². The number of ether oxygens (including phenoxy) is 2. The highest BCUT2D eigenvalue weighted by atomic mass is 79.9. The Morgan fingerprint density at radius 1 is 1.14 bits per heavy atom. The van der Waals surface area contributed by atoms with Crippen molar-refractivity contribution in [2.75, 3.05) is 14.2 Å². The zero-order chi connectivity index (χ0) is 15.6. The van der Waals surface area contributed by atoms with E-state index in [9.17, 15) is 4.79 Å². The number of halogens is 1. The maximum atomic E-state index is 12.6. The van der Waals surface area contributed by atoms with Crippen LogP contribution >= 0.6 is 15.9 Å².